The zero-order valence-corrected chi connectivity index (χ0v) is 14.5. The zero-order valence-electron chi connectivity index (χ0n) is 13.7. The van der Waals surface area contributed by atoms with Crippen LogP contribution in [-0.4, -0.2) is 50.1 Å². The van der Waals surface area contributed by atoms with Crippen molar-refractivity contribution in [2.75, 3.05) is 13.2 Å². The lowest BCUT2D eigenvalue weighted by Crippen LogP contribution is -2.40. The quantitative estimate of drug-likeness (QED) is 0.587. The summed E-state index contributed by atoms with van der Waals surface area (Å²) in [5, 5.41) is 2.69. The second kappa shape index (κ2) is 6.07. The Balaban J connectivity index is 1.77. The Morgan fingerprint density at radius 1 is 1.25 bits per heavy atom. The molecule has 0 aliphatic carbocycles. The Morgan fingerprint density at radius 3 is 2.54 bits per heavy atom. The molecule has 3 rings (SSSR count). The van der Waals surface area contributed by atoms with Gasteiger partial charge in [0.1, 0.15) is 18.3 Å². The number of ether oxygens (including phenoxy) is 3. The Kier molecular flexibility index (Phi) is 4.37. The Hall–Kier alpha value is -1.55. The van der Waals surface area contributed by atoms with Crippen molar-refractivity contribution in [1.29, 1.82) is 0 Å². The van der Waals surface area contributed by atoms with Gasteiger partial charge in [0.25, 0.3) is 10.0 Å². The first-order valence-corrected chi connectivity index (χ1v) is 9.07. The van der Waals surface area contributed by atoms with Crippen molar-refractivity contribution in [3.63, 3.8) is 0 Å². The minimum absolute atomic E-state index is 0.00571. The highest BCUT2D eigenvalue weighted by Gasteiger charge is 2.51. The highest BCUT2D eigenvalue weighted by molar-refractivity contribution is 7.89. The molecule has 0 unspecified atom stereocenters. The maximum absolute atomic E-state index is 12.6. The number of sulfonamides is 1. The van der Waals surface area contributed by atoms with Gasteiger partial charge in [-0.25, -0.2) is 0 Å². The molecule has 0 amide bonds. The molecular formula is C15H20N2O6S. The number of hydrogen-bond acceptors (Lipinski definition) is 7. The predicted octanol–water partition coefficient (Wildman–Crippen LogP) is 1.59. The lowest BCUT2D eigenvalue weighted by atomic mass is 10.1. The summed E-state index contributed by atoms with van der Waals surface area (Å²) in [5.74, 6) is -0.757. The fourth-order valence-electron chi connectivity index (χ4n) is 2.94. The van der Waals surface area contributed by atoms with Crippen LogP contribution in [0.5, 0.6) is 0 Å². The maximum Gasteiger partial charge on any atom is 0.281 e. The minimum Gasteiger partial charge on any atom is -0.371 e. The Bertz CT molecular complexity index is 718. The Labute approximate surface area is 140 Å². The van der Waals surface area contributed by atoms with Crippen molar-refractivity contribution >= 4 is 10.0 Å². The van der Waals surface area contributed by atoms with Crippen molar-refractivity contribution in [2.45, 2.75) is 49.8 Å². The molecule has 0 aromatic heterocycles. The maximum atomic E-state index is 12.6. The van der Waals surface area contributed by atoms with Gasteiger partial charge >= 0.3 is 0 Å². The number of fused-ring (bicyclic) bond motifs is 1. The van der Waals surface area contributed by atoms with Crippen LogP contribution >= 0.6 is 0 Å². The van der Waals surface area contributed by atoms with Gasteiger partial charge in [-0.1, -0.05) is 17.7 Å². The molecule has 24 heavy (non-hydrogen) atoms. The molecule has 8 nitrogen and oxygen atoms in total. The fourth-order valence-corrected chi connectivity index (χ4v) is 4.09. The van der Waals surface area contributed by atoms with Gasteiger partial charge in [0.05, 0.1) is 23.3 Å². The van der Waals surface area contributed by atoms with E-state index in [9.17, 15) is 13.3 Å². The number of hydrogen-bond donors (Lipinski definition) is 0. The lowest BCUT2D eigenvalue weighted by Gasteiger charge is -2.24. The molecule has 0 saturated carbocycles. The van der Waals surface area contributed by atoms with Gasteiger partial charge in [-0.15, -0.1) is 9.32 Å². The second-order valence-electron chi connectivity index (χ2n) is 6.41. The molecule has 2 heterocycles. The largest absolute Gasteiger partial charge is 0.371 e. The lowest BCUT2D eigenvalue weighted by molar-refractivity contribution is -0.175. The molecule has 1 aromatic rings. The highest BCUT2D eigenvalue weighted by Crippen LogP contribution is 2.36. The van der Waals surface area contributed by atoms with Gasteiger partial charge in [0.2, 0.25) is 0 Å². The standard InChI is InChI=1S/C15H20N2O6S/c1-10-4-6-11(7-5-10)24(19,20)17(16-18)8-12-14-13(9-21-12)22-15(2,3)23-14/h4-7,12-14H,8-9H2,1-3H3/t12-,13-,14+/m1/s1. The summed E-state index contributed by atoms with van der Waals surface area (Å²) in [6.45, 7) is 5.47. The molecule has 0 bridgehead atoms. The molecule has 2 aliphatic heterocycles. The van der Waals surface area contributed by atoms with E-state index in [-0.39, 0.29) is 24.2 Å². The number of benzene rings is 1. The summed E-state index contributed by atoms with van der Waals surface area (Å²) in [7, 11) is -4.04. The zero-order chi connectivity index (χ0) is 17.5. The number of nitrogens with zero attached hydrogens (tertiary/aromatic N) is 2. The van der Waals surface area contributed by atoms with Crippen LogP contribution in [0.15, 0.2) is 34.4 Å². The van der Waals surface area contributed by atoms with Crippen molar-refractivity contribution < 1.29 is 22.6 Å². The molecule has 2 saturated heterocycles. The summed E-state index contributed by atoms with van der Waals surface area (Å²) in [6.07, 6.45) is -1.33. The van der Waals surface area contributed by atoms with Gasteiger partial charge in [-0.2, -0.15) is 8.42 Å². The molecule has 9 heteroatoms. The third kappa shape index (κ3) is 3.16. The topological polar surface area (TPSA) is 94.5 Å². The van der Waals surface area contributed by atoms with Crippen LogP contribution in [0.2, 0.25) is 0 Å². The van der Waals surface area contributed by atoms with E-state index in [1.165, 1.54) is 12.1 Å². The van der Waals surface area contributed by atoms with E-state index >= 15 is 0 Å². The highest BCUT2D eigenvalue weighted by atomic mass is 32.2. The van der Waals surface area contributed by atoms with E-state index in [4.69, 9.17) is 14.2 Å². The van der Waals surface area contributed by atoms with E-state index < -0.39 is 28.0 Å². The first-order valence-electron chi connectivity index (χ1n) is 7.63. The third-order valence-electron chi connectivity index (χ3n) is 4.09. The van der Waals surface area contributed by atoms with Crippen LogP contribution in [0.4, 0.5) is 0 Å². The van der Waals surface area contributed by atoms with E-state index in [2.05, 4.69) is 5.29 Å². The number of rotatable bonds is 5. The van der Waals surface area contributed by atoms with Crippen molar-refractivity contribution in [1.82, 2.24) is 4.41 Å². The van der Waals surface area contributed by atoms with Crippen LogP contribution in [0.1, 0.15) is 19.4 Å². The van der Waals surface area contributed by atoms with Crippen LogP contribution in [-0.2, 0) is 24.2 Å². The fraction of sp³-hybridized carbons (Fsp3) is 0.600. The third-order valence-corrected chi connectivity index (χ3v) is 5.72. The van der Waals surface area contributed by atoms with Gasteiger partial charge < -0.3 is 14.2 Å². The van der Waals surface area contributed by atoms with Crippen LogP contribution in [0, 0.1) is 11.8 Å². The molecule has 2 fully saturated rings. The molecule has 2 aliphatic rings. The first-order chi connectivity index (χ1) is 11.2. The number of nitroso groups, excluding NO2 is 1. The Morgan fingerprint density at radius 2 is 1.92 bits per heavy atom. The monoisotopic (exact) mass is 356 g/mol. The summed E-state index contributed by atoms with van der Waals surface area (Å²) in [6, 6.07) is 6.21. The minimum atomic E-state index is -4.04. The summed E-state index contributed by atoms with van der Waals surface area (Å²) in [4.78, 5) is 11.2. The number of aryl methyl sites for hydroxylation is 1. The smallest absolute Gasteiger partial charge is 0.281 e. The average molecular weight is 356 g/mol. The summed E-state index contributed by atoms with van der Waals surface area (Å²) in [5.41, 5.74) is 0.917. The van der Waals surface area contributed by atoms with E-state index in [0.717, 1.165) is 5.56 Å². The summed E-state index contributed by atoms with van der Waals surface area (Å²) < 4.78 is 42.7. The van der Waals surface area contributed by atoms with Gasteiger partial charge in [-0.05, 0) is 32.9 Å². The van der Waals surface area contributed by atoms with Gasteiger partial charge in [0.15, 0.2) is 5.79 Å². The molecule has 0 N–H and O–H groups in total. The van der Waals surface area contributed by atoms with Crippen molar-refractivity contribution in [2.24, 2.45) is 5.29 Å². The first kappa shape index (κ1) is 17.3. The predicted molar refractivity (Wildman–Crippen MR) is 84.4 cm³/mol. The molecule has 0 spiro atoms. The molecule has 132 valence electrons. The van der Waals surface area contributed by atoms with E-state index in [1.54, 1.807) is 26.0 Å². The molecule has 3 atom stereocenters. The van der Waals surface area contributed by atoms with Crippen molar-refractivity contribution in [3.05, 3.63) is 34.7 Å². The van der Waals surface area contributed by atoms with Gasteiger partial charge in [-0.3, -0.25) is 0 Å². The van der Waals surface area contributed by atoms with Crippen LogP contribution in [0.25, 0.3) is 0 Å². The molecular weight excluding hydrogens is 336 g/mol. The molecule has 1 aromatic carbocycles. The van der Waals surface area contributed by atoms with Crippen LogP contribution in [0.3, 0.4) is 0 Å². The normalized spacial score (nSPS) is 28.5. The van der Waals surface area contributed by atoms with Gasteiger partial charge in [0, 0.05) is 0 Å². The molecule has 0 radical (unpaired) electrons. The summed E-state index contributed by atoms with van der Waals surface area (Å²) >= 11 is 0. The SMILES string of the molecule is Cc1ccc(S(=O)(=O)N(C[C@H]2OC[C@H]3OC(C)(C)O[C@@H]23)N=O)cc1. The average Bonchev–Trinajstić information content (AvgIpc) is 3.00. The van der Waals surface area contributed by atoms with Crippen molar-refractivity contribution in [3.8, 4) is 0 Å². The van der Waals surface area contributed by atoms with E-state index in [0.29, 0.717) is 4.41 Å². The van der Waals surface area contributed by atoms with Crippen LogP contribution < -0.4 is 0 Å². The van der Waals surface area contributed by atoms with E-state index in [1.807, 2.05) is 6.92 Å². The second-order valence-corrected chi connectivity index (χ2v) is 8.26.